The molecule has 1 aromatic heterocycles. The fourth-order valence-corrected chi connectivity index (χ4v) is 3.60. The second-order valence-electron chi connectivity index (χ2n) is 5.95. The van der Waals surface area contributed by atoms with Crippen molar-refractivity contribution in [1.82, 2.24) is 4.98 Å². The Hall–Kier alpha value is -2.16. The highest BCUT2D eigenvalue weighted by molar-refractivity contribution is 5.94. The summed E-state index contributed by atoms with van der Waals surface area (Å²) < 4.78 is 0. The topological polar surface area (TPSA) is 42.0 Å². The van der Waals surface area contributed by atoms with Gasteiger partial charge in [0.15, 0.2) is 5.78 Å². The van der Waals surface area contributed by atoms with Gasteiger partial charge in [-0.1, -0.05) is 24.3 Å². The van der Waals surface area contributed by atoms with Gasteiger partial charge in [0.2, 0.25) is 0 Å². The highest BCUT2D eigenvalue weighted by Gasteiger charge is 2.35. The predicted molar refractivity (Wildman–Crippen MR) is 82.5 cm³/mol. The number of hydrogen-bond donors (Lipinski definition) is 1. The maximum absolute atomic E-state index is 12.9. The largest absolute Gasteiger partial charge is 0.375 e. The second-order valence-corrected chi connectivity index (χ2v) is 5.95. The van der Waals surface area contributed by atoms with Gasteiger partial charge in [-0.2, -0.15) is 0 Å². The Labute approximate surface area is 124 Å². The van der Waals surface area contributed by atoms with E-state index in [1.165, 1.54) is 11.1 Å². The molecule has 2 atom stereocenters. The summed E-state index contributed by atoms with van der Waals surface area (Å²) in [6.07, 6.45) is 5.66. The summed E-state index contributed by atoms with van der Waals surface area (Å²) >= 11 is 0. The molecule has 0 amide bonds. The van der Waals surface area contributed by atoms with E-state index in [2.05, 4.69) is 28.5 Å². The fraction of sp³-hybridized carbons (Fsp3) is 0.333. The van der Waals surface area contributed by atoms with E-state index in [0.717, 1.165) is 37.1 Å². The third-order valence-corrected chi connectivity index (χ3v) is 4.65. The summed E-state index contributed by atoms with van der Waals surface area (Å²) in [4.78, 5) is 17.4. The van der Waals surface area contributed by atoms with E-state index >= 15 is 0 Å². The zero-order valence-corrected chi connectivity index (χ0v) is 11.9. The highest BCUT2D eigenvalue weighted by atomic mass is 16.1. The standard InChI is InChI=1S/C18H18N2O/c21-18(16-11-13-5-1-2-9-15(13)20-16)14-8-3-6-12-7-4-10-19-17(12)14/h1-2,4-5,7,9-10,14,16,20H,3,6,8,11H2. The van der Waals surface area contributed by atoms with Gasteiger partial charge in [-0.3, -0.25) is 9.78 Å². The second kappa shape index (κ2) is 4.99. The van der Waals surface area contributed by atoms with E-state index in [4.69, 9.17) is 0 Å². The molecule has 1 aliphatic heterocycles. The van der Waals surface area contributed by atoms with Crippen LogP contribution in [0.2, 0.25) is 0 Å². The predicted octanol–water partition coefficient (Wildman–Crippen LogP) is 3.11. The van der Waals surface area contributed by atoms with E-state index in [1.807, 2.05) is 18.2 Å². The van der Waals surface area contributed by atoms with Crippen molar-refractivity contribution < 1.29 is 4.79 Å². The van der Waals surface area contributed by atoms with Crippen LogP contribution in [0.4, 0.5) is 5.69 Å². The molecule has 2 unspecified atom stereocenters. The molecule has 0 fully saturated rings. The first-order valence-corrected chi connectivity index (χ1v) is 7.65. The van der Waals surface area contributed by atoms with Gasteiger partial charge < -0.3 is 5.32 Å². The Morgan fingerprint density at radius 3 is 2.90 bits per heavy atom. The third kappa shape index (κ3) is 2.13. The lowest BCUT2D eigenvalue weighted by molar-refractivity contribution is -0.121. The van der Waals surface area contributed by atoms with E-state index in [0.29, 0.717) is 5.78 Å². The highest BCUT2D eigenvalue weighted by Crippen LogP contribution is 2.34. The van der Waals surface area contributed by atoms with Gasteiger partial charge in [0, 0.05) is 18.3 Å². The number of para-hydroxylation sites is 1. The quantitative estimate of drug-likeness (QED) is 0.917. The van der Waals surface area contributed by atoms with Gasteiger partial charge in [0.05, 0.1) is 17.7 Å². The number of hydrogen-bond acceptors (Lipinski definition) is 3. The Bertz CT molecular complexity index is 670. The number of benzene rings is 1. The van der Waals surface area contributed by atoms with Gasteiger partial charge in [-0.15, -0.1) is 0 Å². The number of ketones is 1. The first kappa shape index (κ1) is 12.6. The summed E-state index contributed by atoms with van der Waals surface area (Å²) in [6.45, 7) is 0. The van der Waals surface area contributed by atoms with Crippen molar-refractivity contribution in [2.75, 3.05) is 5.32 Å². The number of Topliss-reactive ketones (excluding diaryl/α,β-unsaturated/α-hetero) is 1. The number of anilines is 1. The lowest BCUT2D eigenvalue weighted by atomic mass is 9.81. The fourth-order valence-electron chi connectivity index (χ4n) is 3.60. The molecule has 0 saturated carbocycles. The van der Waals surface area contributed by atoms with Crippen molar-refractivity contribution in [1.29, 1.82) is 0 Å². The number of fused-ring (bicyclic) bond motifs is 2. The Morgan fingerprint density at radius 2 is 2.00 bits per heavy atom. The molecule has 2 aliphatic rings. The Morgan fingerprint density at radius 1 is 1.14 bits per heavy atom. The molecular weight excluding hydrogens is 260 g/mol. The Balaban J connectivity index is 1.60. The maximum atomic E-state index is 12.9. The molecule has 1 N–H and O–H groups in total. The van der Waals surface area contributed by atoms with Crippen LogP contribution < -0.4 is 5.32 Å². The van der Waals surface area contributed by atoms with Gasteiger partial charge in [-0.25, -0.2) is 0 Å². The number of nitrogens with zero attached hydrogens (tertiary/aromatic N) is 1. The van der Waals surface area contributed by atoms with Crippen LogP contribution in [0.15, 0.2) is 42.6 Å². The smallest absolute Gasteiger partial charge is 0.164 e. The van der Waals surface area contributed by atoms with Crippen molar-refractivity contribution in [3.8, 4) is 0 Å². The molecule has 1 aliphatic carbocycles. The van der Waals surface area contributed by atoms with Crippen molar-refractivity contribution >= 4 is 11.5 Å². The van der Waals surface area contributed by atoms with Gasteiger partial charge in [-0.05, 0) is 42.5 Å². The van der Waals surface area contributed by atoms with Gasteiger partial charge >= 0.3 is 0 Å². The van der Waals surface area contributed by atoms with Crippen molar-refractivity contribution in [3.63, 3.8) is 0 Å². The Kier molecular flexibility index (Phi) is 2.99. The minimum absolute atomic E-state index is 0.0400. The van der Waals surface area contributed by atoms with E-state index < -0.39 is 0 Å². The number of aromatic nitrogens is 1. The first-order chi connectivity index (χ1) is 10.3. The number of nitrogens with one attached hydrogen (secondary N) is 1. The minimum Gasteiger partial charge on any atom is -0.375 e. The van der Waals surface area contributed by atoms with Crippen LogP contribution in [0.5, 0.6) is 0 Å². The normalized spacial score (nSPS) is 23.0. The van der Waals surface area contributed by atoms with Crippen LogP contribution in [0, 0.1) is 0 Å². The van der Waals surface area contributed by atoms with Crippen LogP contribution in [0.3, 0.4) is 0 Å². The van der Waals surface area contributed by atoms with E-state index in [-0.39, 0.29) is 12.0 Å². The molecule has 2 heterocycles. The van der Waals surface area contributed by atoms with Crippen molar-refractivity contribution in [2.24, 2.45) is 0 Å². The third-order valence-electron chi connectivity index (χ3n) is 4.65. The average molecular weight is 278 g/mol. The van der Waals surface area contributed by atoms with E-state index in [1.54, 1.807) is 6.20 Å². The SMILES string of the molecule is O=C(C1Cc2ccccc2N1)C1CCCc2cccnc21. The maximum Gasteiger partial charge on any atom is 0.164 e. The molecule has 106 valence electrons. The van der Waals surface area contributed by atoms with Crippen molar-refractivity contribution in [3.05, 3.63) is 59.4 Å². The number of carbonyl (C=O) groups excluding carboxylic acids is 1. The molecule has 4 rings (SSSR count). The number of aryl methyl sites for hydroxylation is 1. The molecule has 3 heteroatoms. The zero-order valence-electron chi connectivity index (χ0n) is 11.9. The summed E-state index contributed by atoms with van der Waals surface area (Å²) in [7, 11) is 0. The van der Waals surface area contributed by atoms with Crippen LogP contribution in [-0.4, -0.2) is 16.8 Å². The van der Waals surface area contributed by atoms with E-state index in [9.17, 15) is 4.79 Å². The molecule has 3 nitrogen and oxygen atoms in total. The minimum atomic E-state index is -0.0969. The monoisotopic (exact) mass is 278 g/mol. The van der Waals surface area contributed by atoms with Crippen molar-refractivity contribution in [2.45, 2.75) is 37.6 Å². The molecule has 2 aromatic rings. The molecule has 0 saturated heterocycles. The summed E-state index contributed by atoms with van der Waals surface area (Å²) in [5, 5.41) is 3.39. The first-order valence-electron chi connectivity index (χ1n) is 7.65. The summed E-state index contributed by atoms with van der Waals surface area (Å²) in [5.41, 5.74) is 4.60. The van der Waals surface area contributed by atoms with Crippen LogP contribution in [0.1, 0.15) is 35.6 Å². The molecule has 0 radical (unpaired) electrons. The summed E-state index contributed by atoms with van der Waals surface area (Å²) in [5.74, 6) is 0.257. The molecule has 0 spiro atoms. The molecule has 21 heavy (non-hydrogen) atoms. The number of carbonyl (C=O) groups is 1. The van der Waals surface area contributed by atoms with Gasteiger partial charge in [0.25, 0.3) is 0 Å². The number of pyridine rings is 1. The molecular formula is C18H18N2O. The molecule has 1 aromatic carbocycles. The van der Waals surface area contributed by atoms with Crippen LogP contribution in [-0.2, 0) is 17.6 Å². The summed E-state index contributed by atoms with van der Waals surface area (Å²) in [6, 6.07) is 12.2. The van der Waals surface area contributed by atoms with Crippen LogP contribution >= 0.6 is 0 Å². The molecule has 0 bridgehead atoms. The van der Waals surface area contributed by atoms with Crippen LogP contribution in [0.25, 0.3) is 0 Å². The lowest BCUT2D eigenvalue weighted by Gasteiger charge is -2.25. The lowest BCUT2D eigenvalue weighted by Crippen LogP contribution is -2.34. The number of rotatable bonds is 2. The zero-order chi connectivity index (χ0) is 14.2. The van der Waals surface area contributed by atoms with Gasteiger partial charge in [0.1, 0.15) is 0 Å². The average Bonchev–Trinajstić information content (AvgIpc) is 2.97.